The first kappa shape index (κ1) is 30.3. The van der Waals surface area contributed by atoms with E-state index < -0.39 is 98.7 Å². The molecule has 38 heavy (non-hydrogen) atoms. The molecule has 0 aromatic carbocycles. The van der Waals surface area contributed by atoms with Crippen LogP contribution in [0.2, 0.25) is 0 Å². The van der Waals surface area contributed by atoms with Crippen LogP contribution in [0.15, 0.2) is 0 Å². The molecule has 2 heterocycles. The average Bonchev–Trinajstić information content (AvgIpc) is 2.83. The lowest BCUT2D eigenvalue weighted by Gasteiger charge is -2.43. The van der Waals surface area contributed by atoms with Gasteiger partial charge in [-0.1, -0.05) is 0 Å². The maximum atomic E-state index is 12.5. The Labute approximate surface area is 217 Å². The second-order valence-corrected chi connectivity index (χ2v) is 8.80. The van der Waals surface area contributed by atoms with Gasteiger partial charge in [0.15, 0.2) is 13.5 Å². The van der Waals surface area contributed by atoms with E-state index in [0.717, 1.165) is 9.80 Å². The van der Waals surface area contributed by atoms with Gasteiger partial charge < -0.3 is 19.7 Å². The van der Waals surface area contributed by atoms with E-state index in [2.05, 4.69) is 0 Å². The van der Waals surface area contributed by atoms with Gasteiger partial charge in [0.05, 0.1) is 51.9 Å². The van der Waals surface area contributed by atoms with Crippen LogP contribution < -0.4 is 0 Å². The molecule has 2 aliphatic heterocycles. The summed E-state index contributed by atoms with van der Waals surface area (Å²) < 4.78 is 9.64. The van der Waals surface area contributed by atoms with Gasteiger partial charge in [0.1, 0.15) is 0 Å². The second-order valence-electron chi connectivity index (χ2n) is 8.80. The van der Waals surface area contributed by atoms with E-state index in [0.29, 0.717) is 0 Å². The van der Waals surface area contributed by atoms with E-state index in [1.807, 2.05) is 0 Å². The third-order valence-electron chi connectivity index (χ3n) is 6.20. The smallest absolute Gasteiger partial charge is 0.308 e. The molecule has 0 spiro atoms. The number of carbonyl (C=O) groups is 8. The highest BCUT2D eigenvalue weighted by Gasteiger charge is 2.40. The molecule has 0 bridgehead atoms. The molecule has 2 fully saturated rings. The lowest BCUT2D eigenvalue weighted by Crippen LogP contribution is -2.63. The molecule has 16 nitrogen and oxygen atoms in total. The van der Waals surface area contributed by atoms with E-state index in [4.69, 9.17) is 19.7 Å². The molecule has 2 N–H and O–H groups in total. The molecule has 2 unspecified atom stereocenters. The van der Waals surface area contributed by atoms with Gasteiger partial charge in [-0.25, -0.2) is 9.80 Å². The topological polar surface area (TPSA) is 208 Å². The summed E-state index contributed by atoms with van der Waals surface area (Å²) in [4.78, 5) is 99.0. The first-order chi connectivity index (χ1) is 17.8. The predicted molar refractivity (Wildman–Crippen MR) is 121 cm³/mol. The minimum absolute atomic E-state index is 0.196. The zero-order valence-electron chi connectivity index (χ0n) is 21.0. The molecule has 16 heteroatoms. The summed E-state index contributed by atoms with van der Waals surface area (Å²) in [6.45, 7) is 1.41. The highest BCUT2D eigenvalue weighted by Crippen LogP contribution is 2.18. The van der Waals surface area contributed by atoms with Crippen LogP contribution in [0.3, 0.4) is 0 Å². The predicted octanol–water partition coefficient (Wildman–Crippen LogP) is -2.16. The van der Waals surface area contributed by atoms with Crippen LogP contribution in [0.5, 0.6) is 0 Å². The highest BCUT2D eigenvalue weighted by molar-refractivity contribution is 6.00. The van der Waals surface area contributed by atoms with Gasteiger partial charge in [-0.3, -0.25) is 48.2 Å². The van der Waals surface area contributed by atoms with Gasteiger partial charge in [0, 0.05) is 12.1 Å². The van der Waals surface area contributed by atoms with Crippen molar-refractivity contribution in [1.29, 1.82) is 0 Å². The summed E-state index contributed by atoms with van der Waals surface area (Å²) in [5, 5.41) is 17.2. The third kappa shape index (κ3) is 8.58. The van der Waals surface area contributed by atoms with E-state index >= 15 is 0 Å². The van der Waals surface area contributed by atoms with Gasteiger partial charge in [0.2, 0.25) is 23.6 Å². The molecule has 0 saturated carbocycles. The number of esters is 2. The van der Waals surface area contributed by atoms with Crippen molar-refractivity contribution in [2.75, 3.05) is 39.6 Å². The number of piperazine rings is 2. The van der Waals surface area contributed by atoms with Crippen molar-refractivity contribution in [2.45, 2.75) is 51.6 Å². The number of carbonyl (C=O) groups excluding carboxylic acids is 6. The van der Waals surface area contributed by atoms with E-state index in [1.54, 1.807) is 23.6 Å². The second kappa shape index (κ2) is 13.6. The lowest BCUT2D eigenvalue weighted by molar-refractivity contribution is -0.169. The standard InChI is InChI=1S/C22H30N4O12/c1-13(23-7-15(27)25(16(28)8-23)11-37-21(35)5-3-19(31)32)14(2)24-9-17(29)26(18(30)10-24)12-38-22(36)6-4-20(33)34/h13-14H,3-12H2,1-2H3,(H,31,32)(H,33,34). The number of aliphatic carboxylic acids is 2. The Balaban J connectivity index is 1.87. The molecular formula is C22H30N4O12. The van der Waals surface area contributed by atoms with Gasteiger partial charge in [0.25, 0.3) is 0 Å². The fourth-order valence-corrected chi connectivity index (χ4v) is 3.74. The zero-order chi connectivity index (χ0) is 28.6. The van der Waals surface area contributed by atoms with Crippen LogP contribution in [-0.2, 0) is 47.8 Å². The normalized spacial score (nSPS) is 18.8. The van der Waals surface area contributed by atoms with E-state index in [1.165, 1.54) is 0 Å². The summed E-state index contributed by atoms with van der Waals surface area (Å²) >= 11 is 0. The fourth-order valence-electron chi connectivity index (χ4n) is 3.74. The molecule has 0 radical (unpaired) electrons. The number of hydrogen-bond donors (Lipinski definition) is 2. The molecular weight excluding hydrogens is 512 g/mol. The van der Waals surface area contributed by atoms with Gasteiger partial charge in [-0.05, 0) is 13.8 Å². The summed E-state index contributed by atoms with van der Waals surface area (Å²) in [5.41, 5.74) is 0. The van der Waals surface area contributed by atoms with Crippen molar-refractivity contribution in [1.82, 2.24) is 19.6 Å². The summed E-state index contributed by atoms with van der Waals surface area (Å²) in [5.74, 6) is -6.62. The highest BCUT2D eigenvalue weighted by atomic mass is 16.6. The zero-order valence-corrected chi connectivity index (χ0v) is 21.0. The Kier molecular flexibility index (Phi) is 10.8. The van der Waals surface area contributed by atoms with Crippen molar-refractivity contribution >= 4 is 47.5 Å². The molecule has 2 rings (SSSR count). The third-order valence-corrected chi connectivity index (χ3v) is 6.20. The SMILES string of the molecule is CC(C(C)N1CC(=O)N(COC(=O)CCC(=O)O)C(=O)C1)N1CC(=O)N(COC(=O)CCC(=O)O)C(=O)C1. The molecule has 0 aromatic heterocycles. The van der Waals surface area contributed by atoms with E-state index in [9.17, 15) is 38.4 Å². The maximum absolute atomic E-state index is 12.5. The van der Waals surface area contributed by atoms with Crippen molar-refractivity contribution in [3.63, 3.8) is 0 Å². The van der Waals surface area contributed by atoms with Crippen molar-refractivity contribution in [3.8, 4) is 0 Å². The Morgan fingerprint density at radius 3 is 1.18 bits per heavy atom. The van der Waals surface area contributed by atoms with Gasteiger partial charge in [-0.2, -0.15) is 0 Å². The molecule has 4 amide bonds. The Morgan fingerprint density at radius 1 is 0.632 bits per heavy atom. The lowest BCUT2D eigenvalue weighted by atomic mass is 10.1. The molecule has 2 saturated heterocycles. The minimum Gasteiger partial charge on any atom is -0.481 e. The van der Waals surface area contributed by atoms with Crippen molar-refractivity contribution in [2.24, 2.45) is 0 Å². The molecule has 210 valence electrons. The molecule has 0 aromatic rings. The summed E-state index contributed by atoms with van der Waals surface area (Å²) in [7, 11) is 0. The minimum atomic E-state index is -1.19. The first-order valence-corrected chi connectivity index (χ1v) is 11.7. The number of ether oxygens (including phenoxy) is 2. The Bertz CT molecular complexity index is 885. The Morgan fingerprint density at radius 2 is 0.921 bits per heavy atom. The number of rotatable bonds is 13. The number of hydrogen-bond acceptors (Lipinski definition) is 12. The molecule has 2 aliphatic rings. The number of imide groups is 2. The van der Waals surface area contributed by atoms with Crippen molar-refractivity contribution in [3.05, 3.63) is 0 Å². The number of carboxylic acids is 2. The van der Waals surface area contributed by atoms with Crippen LogP contribution in [0.1, 0.15) is 39.5 Å². The average molecular weight is 542 g/mol. The van der Waals surface area contributed by atoms with Crippen LogP contribution in [0.25, 0.3) is 0 Å². The number of nitrogens with zero attached hydrogens (tertiary/aromatic N) is 4. The Hall–Kier alpha value is -3.92. The summed E-state index contributed by atoms with van der Waals surface area (Å²) in [6, 6.07) is -0.909. The number of carboxylic acid groups (broad SMARTS) is 2. The largest absolute Gasteiger partial charge is 0.481 e. The van der Waals surface area contributed by atoms with Crippen LogP contribution >= 0.6 is 0 Å². The van der Waals surface area contributed by atoms with Crippen LogP contribution in [0, 0.1) is 0 Å². The van der Waals surface area contributed by atoms with E-state index in [-0.39, 0.29) is 26.2 Å². The van der Waals surface area contributed by atoms with Crippen LogP contribution in [-0.4, -0.2) is 129 Å². The summed E-state index contributed by atoms with van der Waals surface area (Å²) in [6.07, 6.45) is -1.68. The monoisotopic (exact) mass is 542 g/mol. The molecule has 0 aliphatic carbocycles. The molecule has 2 atom stereocenters. The fraction of sp³-hybridized carbons (Fsp3) is 0.636. The first-order valence-electron chi connectivity index (χ1n) is 11.7. The van der Waals surface area contributed by atoms with Crippen LogP contribution in [0.4, 0.5) is 0 Å². The van der Waals surface area contributed by atoms with Gasteiger partial charge in [-0.15, -0.1) is 0 Å². The maximum Gasteiger partial charge on any atom is 0.308 e. The number of amides is 4. The van der Waals surface area contributed by atoms with Gasteiger partial charge >= 0.3 is 23.9 Å². The quantitative estimate of drug-likeness (QED) is 0.188. The van der Waals surface area contributed by atoms with Crippen molar-refractivity contribution < 1.29 is 58.0 Å².